The van der Waals surface area contributed by atoms with Gasteiger partial charge in [0.1, 0.15) is 12.6 Å². The number of rotatable bonds is 7. The van der Waals surface area contributed by atoms with Crippen LogP contribution in [0.15, 0.2) is 67.0 Å². The van der Waals surface area contributed by atoms with Crippen molar-refractivity contribution >= 4 is 12.1 Å². The number of carbonyl (C=O) groups excluding carboxylic acids is 1. The number of carboxylic acids is 1. The lowest BCUT2D eigenvalue weighted by Crippen LogP contribution is -2.41. The number of hydrogen-bond donors (Lipinski definition) is 2. The van der Waals surface area contributed by atoms with Gasteiger partial charge in [-0.3, -0.25) is 4.98 Å². The lowest BCUT2D eigenvalue weighted by molar-refractivity contribution is -0.140. The lowest BCUT2D eigenvalue weighted by Gasteiger charge is -2.17. The molecule has 1 aromatic heterocycles. The highest BCUT2D eigenvalue weighted by atomic mass is 19.4. The van der Waals surface area contributed by atoms with Crippen LogP contribution in [0.4, 0.5) is 18.0 Å². The van der Waals surface area contributed by atoms with E-state index in [0.29, 0.717) is 6.20 Å². The number of aliphatic carboxylic acids is 1. The Morgan fingerprint density at radius 3 is 2.24 bits per heavy atom. The third-order valence-electron chi connectivity index (χ3n) is 5.78. The molecule has 0 fully saturated rings. The van der Waals surface area contributed by atoms with Gasteiger partial charge < -0.3 is 15.2 Å². The zero-order valence-electron chi connectivity index (χ0n) is 17.9. The molecule has 176 valence electrons. The van der Waals surface area contributed by atoms with E-state index in [-0.39, 0.29) is 30.9 Å². The molecular formula is C25H21F3N2O4. The number of aryl methyl sites for hydroxylation is 1. The van der Waals surface area contributed by atoms with E-state index >= 15 is 0 Å². The van der Waals surface area contributed by atoms with Gasteiger partial charge in [0, 0.05) is 18.3 Å². The number of ether oxygens (including phenoxy) is 1. The summed E-state index contributed by atoms with van der Waals surface area (Å²) < 4.78 is 43.9. The number of amides is 1. The van der Waals surface area contributed by atoms with Crippen molar-refractivity contribution in [2.75, 3.05) is 6.61 Å². The van der Waals surface area contributed by atoms with Crippen molar-refractivity contribution < 1.29 is 32.6 Å². The van der Waals surface area contributed by atoms with E-state index in [4.69, 9.17) is 4.74 Å². The second kappa shape index (κ2) is 9.54. The van der Waals surface area contributed by atoms with E-state index in [1.54, 1.807) is 0 Å². The molecule has 9 heteroatoms. The Hall–Kier alpha value is -3.88. The Morgan fingerprint density at radius 1 is 1.03 bits per heavy atom. The normalized spacial score (nSPS) is 13.6. The maximum absolute atomic E-state index is 12.9. The molecule has 1 amide bonds. The number of carboxylic acid groups (broad SMARTS) is 1. The number of carbonyl (C=O) groups is 2. The maximum atomic E-state index is 12.9. The summed E-state index contributed by atoms with van der Waals surface area (Å²) >= 11 is 0. The molecule has 6 nitrogen and oxygen atoms in total. The zero-order valence-corrected chi connectivity index (χ0v) is 17.9. The molecule has 0 radical (unpaired) electrons. The van der Waals surface area contributed by atoms with E-state index in [2.05, 4.69) is 10.3 Å². The van der Waals surface area contributed by atoms with Gasteiger partial charge >= 0.3 is 18.2 Å². The van der Waals surface area contributed by atoms with Gasteiger partial charge in [-0.2, -0.15) is 13.2 Å². The molecule has 0 aliphatic heterocycles. The molecule has 0 unspecified atom stereocenters. The molecule has 0 bridgehead atoms. The van der Waals surface area contributed by atoms with Crippen molar-refractivity contribution in [2.45, 2.75) is 31.0 Å². The third kappa shape index (κ3) is 5.03. The number of nitrogens with one attached hydrogen (secondary N) is 1. The highest BCUT2D eigenvalue weighted by Crippen LogP contribution is 2.44. The first-order valence-corrected chi connectivity index (χ1v) is 10.6. The standard InChI is InChI=1S/C25H21F3N2O4/c26-25(27,28)16-11-15(12-29-13-16)9-10-22(23(31)32)30-24(33)34-14-21-19-7-3-1-5-17(19)18-6-2-4-8-20(18)21/h1-8,11-13,21-22H,9-10,14H2,(H,30,33)(H,31,32)/t22-/m0/s1. The van der Waals surface area contributed by atoms with Gasteiger partial charge in [-0.15, -0.1) is 0 Å². The fraction of sp³-hybridized carbons (Fsp3) is 0.240. The lowest BCUT2D eigenvalue weighted by atomic mass is 9.98. The smallest absolute Gasteiger partial charge is 0.417 e. The minimum absolute atomic E-state index is 0.0163. The van der Waals surface area contributed by atoms with Gasteiger partial charge in [-0.25, -0.2) is 9.59 Å². The summed E-state index contributed by atoms with van der Waals surface area (Å²) in [6, 6.07) is 15.2. The van der Waals surface area contributed by atoms with Crippen LogP contribution >= 0.6 is 0 Å². The second-order valence-corrected chi connectivity index (χ2v) is 7.98. The van der Waals surface area contributed by atoms with E-state index < -0.39 is 29.8 Å². The predicted octanol–water partition coefficient (Wildman–Crippen LogP) is 5.02. The maximum Gasteiger partial charge on any atom is 0.417 e. The van der Waals surface area contributed by atoms with Crippen LogP contribution in [-0.2, 0) is 22.1 Å². The molecule has 0 saturated carbocycles. The van der Waals surface area contributed by atoms with Crippen molar-refractivity contribution in [1.29, 1.82) is 0 Å². The molecule has 2 N–H and O–H groups in total. The number of nitrogens with zero attached hydrogens (tertiary/aromatic N) is 1. The SMILES string of the molecule is O=C(N[C@@H](CCc1cncc(C(F)(F)F)c1)C(=O)O)OCC1c2ccccc2-c2ccccc21. The number of alkyl carbamates (subject to hydrolysis) is 1. The quantitative estimate of drug-likeness (QED) is 0.506. The number of alkyl halides is 3. The largest absolute Gasteiger partial charge is 0.480 e. The van der Waals surface area contributed by atoms with Crippen molar-refractivity contribution in [3.8, 4) is 11.1 Å². The highest BCUT2D eigenvalue weighted by molar-refractivity contribution is 5.81. The first kappa shape index (κ1) is 23.3. The second-order valence-electron chi connectivity index (χ2n) is 7.98. The van der Waals surface area contributed by atoms with Crippen LogP contribution in [0.25, 0.3) is 11.1 Å². The predicted molar refractivity (Wildman–Crippen MR) is 117 cm³/mol. The first-order valence-electron chi connectivity index (χ1n) is 10.6. The van der Waals surface area contributed by atoms with E-state index in [1.807, 2.05) is 48.5 Å². The number of hydrogen-bond acceptors (Lipinski definition) is 4. The summed E-state index contributed by atoms with van der Waals surface area (Å²) in [5, 5.41) is 11.8. The van der Waals surface area contributed by atoms with Crippen LogP contribution in [-0.4, -0.2) is 34.8 Å². The fourth-order valence-corrected chi connectivity index (χ4v) is 4.13. The number of benzene rings is 2. The van der Waals surface area contributed by atoms with Gasteiger partial charge in [0.05, 0.1) is 5.56 Å². The van der Waals surface area contributed by atoms with Crippen molar-refractivity contribution in [3.05, 3.63) is 89.2 Å². The molecule has 1 aliphatic carbocycles. The van der Waals surface area contributed by atoms with Crippen LogP contribution in [0.5, 0.6) is 0 Å². The first-order chi connectivity index (χ1) is 16.2. The van der Waals surface area contributed by atoms with Gasteiger partial charge in [0.25, 0.3) is 0 Å². The summed E-state index contributed by atoms with van der Waals surface area (Å²) in [5.41, 5.74) is 3.46. The Morgan fingerprint density at radius 2 is 1.65 bits per heavy atom. The van der Waals surface area contributed by atoms with E-state index in [1.165, 1.54) is 6.20 Å². The monoisotopic (exact) mass is 470 g/mol. The van der Waals surface area contributed by atoms with Gasteiger partial charge in [0.15, 0.2) is 0 Å². The Kier molecular flexibility index (Phi) is 6.54. The molecule has 1 heterocycles. The summed E-state index contributed by atoms with van der Waals surface area (Å²) in [6.07, 6.45) is -3.65. The van der Waals surface area contributed by atoms with E-state index in [0.717, 1.165) is 28.3 Å². The minimum Gasteiger partial charge on any atom is -0.480 e. The minimum atomic E-state index is -4.55. The molecule has 2 aromatic carbocycles. The fourth-order valence-electron chi connectivity index (χ4n) is 4.13. The summed E-state index contributed by atoms with van der Waals surface area (Å²) in [7, 11) is 0. The molecule has 1 aliphatic rings. The average Bonchev–Trinajstić information content (AvgIpc) is 3.13. The Balaban J connectivity index is 1.38. The number of halogens is 3. The van der Waals surface area contributed by atoms with Crippen molar-refractivity contribution in [1.82, 2.24) is 10.3 Å². The van der Waals surface area contributed by atoms with Crippen LogP contribution in [0, 0.1) is 0 Å². The molecular weight excluding hydrogens is 449 g/mol. The third-order valence-corrected chi connectivity index (χ3v) is 5.78. The summed E-state index contributed by atoms with van der Waals surface area (Å²) in [4.78, 5) is 27.5. The van der Waals surface area contributed by atoms with Crippen LogP contribution in [0.3, 0.4) is 0 Å². The molecule has 34 heavy (non-hydrogen) atoms. The summed E-state index contributed by atoms with van der Waals surface area (Å²) in [5.74, 6) is -1.49. The van der Waals surface area contributed by atoms with Crippen molar-refractivity contribution in [3.63, 3.8) is 0 Å². The van der Waals surface area contributed by atoms with Crippen LogP contribution in [0.2, 0.25) is 0 Å². The highest BCUT2D eigenvalue weighted by Gasteiger charge is 2.32. The number of fused-ring (bicyclic) bond motifs is 3. The Bertz CT molecular complexity index is 1170. The number of aromatic nitrogens is 1. The average molecular weight is 470 g/mol. The molecule has 0 spiro atoms. The molecule has 4 rings (SSSR count). The Labute approximate surface area is 193 Å². The molecule has 0 saturated heterocycles. The van der Waals surface area contributed by atoms with Gasteiger partial charge in [-0.05, 0) is 46.7 Å². The number of pyridine rings is 1. The van der Waals surface area contributed by atoms with Gasteiger partial charge in [0.2, 0.25) is 0 Å². The topological polar surface area (TPSA) is 88.5 Å². The molecule has 3 aromatic rings. The van der Waals surface area contributed by atoms with Crippen LogP contribution in [0.1, 0.15) is 34.6 Å². The zero-order chi connectivity index (χ0) is 24.3. The van der Waals surface area contributed by atoms with Crippen LogP contribution < -0.4 is 5.32 Å². The molecule has 1 atom stereocenters. The van der Waals surface area contributed by atoms with E-state index in [9.17, 15) is 27.9 Å². The van der Waals surface area contributed by atoms with Gasteiger partial charge in [-0.1, -0.05) is 48.5 Å². The van der Waals surface area contributed by atoms with Crippen molar-refractivity contribution in [2.24, 2.45) is 0 Å². The summed E-state index contributed by atoms with van der Waals surface area (Å²) in [6.45, 7) is 0.0176.